The zero-order valence-electron chi connectivity index (χ0n) is 7.29. The van der Waals surface area contributed by atoms with Crippen molar-refractivity contribution in [1.82, 2.24) is 9.97 Å². The van der Waals surface area contributed by atoms with E-state index in [9.17, 15) is 4.79 Å². The highest BCUT2D eigenvalue weighted by Crippen LogP contribution is 2.16. The highest BCUT2D eigenvalue weighted by atomic mass is 16.5. The van der Waals surface area contributed by atoms with Gasteiger partial charge < -0.3 is 4.74 Å². The van der Waals surface area contributed by atoms with Crippen LogP contribution in [0, 0.1) is 6.92 Å². The molecule has 4 nitrogen and oxygen atoms in total. The number of carbonyl (C=O) groups excluding carboxylic acids is 1. The third kappa shape index (κ3) is 1.42. The lowest BCUT2D eigenvalue weighted by Gasteiger charge is -2.04. The summed E-state index contributed by atoms with van der Waals surface area (Å²) < 4.78 is 4.92. The number of ketones is 1. The number of rotatable bonds is 2. The average molecular weight is 166 g/mol. The van der Waals surface area contributed by atoms with Crippen molar-refractivity contribution in [2.75, 3.05) is 7.11 Å². The van der Waals surface area contributed by atoms with E-state index in [1.54, 1.807) is 6.92 Å². The first-order chi connectivity index (χ1) is 5.66. The number of aryl methyl sites for hydroxylation is 1. The summed E-state index contributed by atoms with van der Waals surface area (Å²) in [7, 11) is 1.48. The average Bonchev–Trinajstić information content (AvgIpc) is 2.03. The summed E-state index contributed by atoms with van der Waals surface area (Å²) in [5.41, 5.74) is 1.11. The van der Waals surface area contributed by atoms with Crippen molar-refractivity contribution in [3.05, 3.63) is 17.6 Å². The number of hydrogen-bond donors (Lipinski definition) is 0. The van der Waals surface area contributed by atoms with E-state index in [1.807, 2.05) is 0 Å². The van der Waals surface area contributed by atoms with Crippen molar-refractivity contribution in [3.8, 4) is 5.88 Å². The van der Waals surface area contributed by atoms with Gasteiger partial charge in [-0.1, -0.05) is 0 Å². The molecule has 0 saturated carbocycles. The Morgan fingerprint density at radius 3 is 2.58 bits per heavy atom. The van der Waals surface area contributed by atoms with E-state index in [0.29, 0.717) is 17.1 Å². The van der Waals surface area contributed by atoms with Crippen molar-refractivity contribution in [3.63, 3.8) is 0 Å². The first-order valence-electron chi connectivity index (χ1n) is 3.53. The van der Waals surface area contributed by atoms with Crippen molar-refractivity contribution in [2.24, 2.45) is 0 Å². The zero-order valence-corrected chi connectivity index (χ0v) is 7.29. The SMILES string of the molecule is COc1ncnc(C)c1C(C)=O. The van der Waals surface area contributed by atoms with Gasteiger partial charge in [-0.2, -0.15) is 0 Å². The Kier molecular flexibility index (Phi) is 2.38. The first kappa shape index (κ1) is 8.64. The van der Waals surface area contributed by atoms with Gasteiger partial charge in [-0.3, -0.25) is 4.79 Å². The van der Waals surface area contributed by atoms with E-state index in [0.717, 1.165) is 0 Å². The van der Waals surface area contributed by atoms with Crippen LogP contribution in [0.2, 0.25) is 0 Å². The molecule has 12 heavy (non-hydrogen) atoms. The zero-order chi connectivity index (χ0) is 9.14. The molecule has 1 aromatic heterocycles. The Balaban J connectivity index is 3.29. The van der Waals surface area contributed by atoms with Crippen LogP contribution in [0.25, 0.3) is 0 Å². The summed E-state index contributed by atoms with van der Waals surface area (Å²) in [6.07, 6.45) is 1.38. The Hall–Kier alpha value is -1.45. The van der Waals surface area contributed by atoms with Gasteiger partial charge in [0.15, 0.2) is 5.78 Å². The van der Waals surface area contributed by atoms with Gasteiger partial charge in [-0.25, -0.2) is 9.97 Å². The molecule has 0 aliphatic rings. The number of hydrogen-bond acceptors (Lipinski definition) is 4. The van der Waals surface area contributed by atoms with Crippen LogP contribution < -0.4 is 4.74 Å². The van der Waals surface area contributed by atoms with Gasteiger partial charge in [0.2, 0.25) is 5.88 Å². The molecule has 0 aliphatic heterocycles. The second-order valence-corrected chi connectivity index (χ2v) is 2.40. The second-order valence-electron chi connectivity index (χ2n) is 2.40. The minimum Gasteiger partial charge on any atom is -0.480 e. The summed E-state index contributed by atoms with van der Waals surface area (Å²) in [5, 5.41) is 0. The molecule has 0 N–H and O–H groups in total. The number of methoxy groups -OCH3 is 1. The molecule has 0 aromatic carbocycles. The molecular formula is C8H10N2O2. The predicted octanol–water partition coefficient (Wildman–Crippen LogP) is 0.996. The molecule has 0 saturated heterocycles. The first-order valence-corrected chi connectivity index (χ1v) is 3.53. The standard InChI is InChI=1S/C8H10N2O2/c1-5-7(6(2)11)8(12-3)10-4-9-5/h4H,1-3H3. The molecule has 0 amide bonds. The van der Waals surface area contributed by atoms with E-state index in [2.05, 4.69) is 9.97 Å². The molecular weight excluding hydrogens is 156 g/mol. The maximum Gasteiger partial charge on any atom is 0.227 e. The van der Waals surface area contributed by atoms with Gasteiger partial charge >= 0.3 is 0 Å². The fourth-order valence-corrected chi connectivity index (χ4v) is 1.01. The van der Waals surface area contributed by atoms with Gasteiger partial charge in [0.1, 0.15) is 11.9 Å². The third-order valence-corrected chi connectivity index (χ3v) is 1.55. The van der Waals surface area contributed by atoms with E-state index in [-0.39, 0.29) is 5.78 Å². The summed E-state index contributed by atoms with van der Waals surface area (Å²) in [4.78, 5) is 18.8. The van der Waals surface area contributed by atoms with Gasteiger partial charge in [0.05, 0.1) is 12.8 Å². The summed E-state index contributed by atoms with van der Waals surface area (Å²) in [5.74, 6) is 0.264. The van der Waals surface area contributed by atoms with E-state index in [1.165, 1.54) is 20.4 Å². The topological polar surface area (TPSA) is 52.1 Å². The van der Waals surface area contributed by atoms with Crippen molar-refractivity contribution in [2.45, 2.75) is 13.8 Å². The third-order valence-electron chi connectivity index (χ3n) is 1.55. The van der Waals surface area contributed by atoms with Gasteiger partial charge in [0, 0.05) is 0 Å². The lowest BCUT2D eigenvalue weighted by atomic mass is 10.2. The van der Waals surface area contributed by atoms with Crippen LogP contribution in [-0.4, -0.2) is 22.9 Å². The molecule has 0 fully saturated rings. The van der Waals surface area contributed by atoms with E-state index in [4.69, 9.17) is 4.74 Å². The quantitative estimate of drug-likeness (QED) is 0.615. The fraction of sp³-hybridized carbons (Fsp3) is 0.375. The summed E-state index contributed by atoms with van der Waals surface area (Å²) in [6.45, 7) is 3.22. The van der Waals surface area contributed by atoms with Crippen LogP contribution in [0.15, 0.2) is 6.33 Å². The minimum absolute atomic E-state index is 0.0787. The normalized spacial score (nSPS) is 9.58. The highest BCUT2D eigenvalue weighted by Gasteiger charge is 2.12. The molecule has 4 heteroatoms. The molecule has 1 rings (SSSR count). The minimum atomic E-state index is -0.0787. The van der Waals surface area contributed by atoms with Crippen molar-refractivity contribution >= 4 is 5.78 Å². The molecule has 64 valence electrons. The Morgan fingerprint density at radius 2 is 2.17 bits per heavy atom. The second kappa shape index (κ2) is 3.30. The maximum absolute atomic E-state index is 11.1. The molecule has 1 heterocycles. The molecule has 0 spiro atoms. The van der Waals surface area contributed by atoms with Crippen LogP contribution in [0.5, 0.6) is 5.88 Å². The fourth-order valence-electron chi connectivity index (χ4n) is 1.01. The monoisotopic (exact) mass is 166 g/mol. The Labute approximate surface area is 70.6 Å². The molecule has 0 unspecified atom stereocenters. The predicted molar refractivity (Wildman–Crippen MR) is 43.3 cm³/mol. The van der Waals surface area contributed by atoms with Gasteiger partial charge in [0.25, 0.3) is 0 Å². The largest absolute Gasteiger partial charge is 0.480 e. The Bertz CT molecular complexity index is 310. The lowest BCUT2D eigenvalue weighted by Crippen LogP contribution is -2.04. The maximum atomic E-state index is 11.1. The van der Waals surface area contributed by atoms with Crippen molar-refractivity contribution < 1.29 is 9.53 Å². The summed E-state index contributed by atoms with van der Waals surface area (Å²) in [6, 6.07) is 0. The molecule has 0 radical (unpaired) electrons. The molecule has 1 aromatic rings. The molecule has 0 bridgehead atoms. The van der Waals surface area contributed by atoms with Crippen LogP contribution in [0.1, 0.15) is 23.0 Å². The van der Waals surface area contributed by atoms with Crippen LogP contribution in [0.3, 0.4) is 0 Å². The molecule has 0 aliphatic carbocycles. The van der Waals surface area contributed by atoms with Crippen LogP contribution in [-0.2, 0) is 0 Å². The number of ether oxygens (including phenoxy) is 1. The van der Waals surface area contributed by atoms with Crippen LogP contribution >= 0.6 is 0 Å². The van der Waals surface area contributed by atoms with Gasteiger partial charge in [-0.05, 0) is 13.8 Å². The van der Waals surface area contributed by atoms with Gasteiger partial charge in [-0.15, -0.1) is 0 Å². The highest BCUT2D eigenvalue weighted by molar-refractivity contribution is 5.97. The molecule has 0 atom stereocenters. The number of aromatic nitrogens is 2. The summed E-state index contributed by atoms with van der Waals surface area (Å²) >= 11 is 0. The number of nitrogens with zero attached hydrogens (tertiary/aromatic N) is 2. The van der Waals surface area contributed by atoms with Crippen molar-refractivity contribution in [1.29, 1.82) is 0 Å². The Morgan fingerprint density at radius 1 is 1.50 bits per heavy atom. The van der Waals surface area contributed by atoms with E-state index < -0.39 is 0 Å². The number of Topliss-reactive ketones (excluding diaryl/α,β-unsaturated/α-hetero) is 1. The van der Waals surface area contributed by atoms with Crippen LogP contribution in [0.4, 0.5) is 0 Å². The van der Waals surface area contributed by atoms with E-state index >= 15 is 0 Å². The number of carbonyl (C=O) groups is 1. The smallest absolute Gasteiger partial charge is 0.227 e. The lowest BCUT2D eigenvalue weighted by molar-refractivity contribution is 0.101.